The Labute approximate surface area is 141 Å². The number of benzene rings is 1. The summed E-state index contributed by atoms with van der Waals surface area (Å²) < 4.78 is 5.65. The van der Waals surface area contributed by atoms with Crippen LogP contribution in [0.2, 0.25) is 0 Å². The van der Waals surface area contributed by atoms with Gasteiger partial charge in [-0.25, -0.2) is 0 Å². The standard InChI is InChI=1S/C18H23NO3S/c1-13-5-6-16(10-14(13)2)22-8-3-4-18(21)19-11-17(20)15-7-9-23-12-15/h5-7,9-10,12,17,20H,3-4,8,11H2,1-2H3,(H,19,21). The highest BCUT2D eigenvalue weighted by Gasteiger charge is 2.09. The van der Waals surface area contributed by atoms with Crippen molar-refractivity contribution in [1.29, 1.82) is 0 Å². The van der Waals surface area contributed by atoms with E-state index in [0.717, 1.165) is 11.3 Å². The van der Waals surface area contributed by atoms with E-state index in [1.54, 1.807) is 0 Å². The summed E-state index contributed by atoms with van der Waals surface area (Å²) in [7, 11) is 0. The van der Waals surface area contributed by atoms with E-state index in [-0.39, 0.29) is 12.5 Å². The Kier molecular flexibility index (Phi) is 6.62. The maximum Gasteiger partial charge on any atom is 0.220 e. The molecular weight excluding hydrogens is 310 g/mol. The molecule has 1 heterocycles. The van der Waals surface area contributed by atoms with Crippen LogP contribution in [0.15, 0.2) is 35.0 Å². The fourth-order valence-electron chi connectivity index (χ4n) is 2.11. The number of aryl methyl sites for hydroxylation is 2. The first kappa shape index (κ1) is 17.5. The Hall–Kier alpha value is -1.85. The lowest BCUT2D eigenvalue weighted by Gasteiger charge is -2.11. The van der Waals surface area contributed by atoms with Crippen molar-refractivity contribution in [2.45, 2.75) is 32.8 Å². The molecule has 23 heavy (non-hydrogen) atoms. The lowest BCUT2D eigenvalue weighted by Crippen LogP contribution is -2.28. The van der Waals surface area contributed by atoms with Crippen molar-refractivity contribution in [1.82, 2.24) is 5.32 Å². The van der Waals surface area contributed by atoms with E-state index < -0.39 is 6.10 Å². The van der Waals surface area contributed by atoms with Gasteiger partial charge in [-0.15, -0.1) is 0 Å². The van der Waals surface area contributed by atoms with Gasteiger partial charge in [0.05, 0.1) is 12.7 Å². The van der Waals surface area contributed by atoms with E-state index in [4.69, 9.17) is 4.74 Å². The summed E-state index contributed by atoms with van der Waals surface area (Å²) in [5.74, 6) is 0.768. The normalized spacial score (nSPS) is 12.0. The highest BCUT2D eigenvalue weighted by molar-refractivity contribution is 7.07. The third kappa shape index (κ3) is 5.69. The van der Waals surface area contributed by atoms with Crippen LogP contribution in [0.4, 0.5) is 0 Å². The van der Waals surface area contributed by atoms with Crippen LogP contribution < -0.4 is 10.1 Å². The van der Waals surface area contributed by atoms with Gasteiger partial charge in [-0.3, -0.25) is 4.79 Å². The molecule has 0 aliphatic rings. The largest absolute Gasteiger partial charge is 0.494 e. The van der Waals surface area contributed by atoms with Crippen LogP contribution in [-0.2, 0) is 4.79 Å². The number of nitrogens with one attached hydrogen (secondary N) is 1. The quantitative estimate of drug-likeness (QED) is 0.728. The number of amides is 1. The average Bonchev–Trinajstić information content (AvgIpc) is 3.07. The molecule has 1 amide bonds. The minimum atomic E-state index is -0.642. The highest BCUT2D eigenvalue weighted by Crippen LogP contribution is 2.17. The number of rotatable bonds is 8. The fraction of sp³-hybridized carbons (Fsp3) is 0.389. The molecule has 0 saturated heterocycles. The number of hydrogen-bond acceptors (Lipinski definition) is 4. The molecule has 1 aromatic heterocycles. The molecule has 0 saturated carbocycles. The van der Waals surface area contributed by atoms with E-state index in [9.17, 15) is 9.90 Å². The first-order chi connectivity index (χ1) is 11.1. The van der Waals surface area contributed by atoms with Gasteiger partial charge in [0.15, 0.2) is 0 Å². The number of carbonyl (C=O) groups is 1. The van der Waals surface area contributed by atoms with E-state index in [2.05, 4.69) is 19.2 Å². The average molecular weight is 333 g/mol. The van der Waals surface area contributed by atoms with Gasteiger partial charge in [-0.05, 0) is 65.9 Å². The van der Waals surface area contributed by atoms with Crippen LogP contribution in [0.25, 0.3) is 0 Å². The first-order valence-electron chi connectivity index (χ1n) is 7.73. The number of hydrogen-bond donors (Lipinski definition) is 2. The fourth-order valence-corrected chi connectivity index (χ4v) is 2.81. The molecule has 4 nitrogen and oxygen atoms in total. The topological polar surface area (TPSA) is 58.6 Å². The molecule has 0 fully saturated rings. The Balaban J connectivity index is 1.62. The van der Waals surface area contributed by atoms with Crippen LogP contribution >= 0.6 is 11.3 Å². The smallest absolute Gasteiger partial charge is 0.220 e. The summed E-state index contributed by atoms with van der Waals surface area (Å²) >= 11 is 1.53. The van der Waals surface area contributed by atoms with Crippen molar-refractivity contribution in [3.8, 4) is 5.75 Å². The molecule has 2 N–H and O–H groups in total. The van der Waals surface area contributed by atoms with Gasteiger partial charge in [0, 0.05) is 13.0 Å². The van der Waals surface area contributed by atoms with E-state index >= 15 is 0 Å². The summed E-state index contributed by atoms with van der Waals surface area (Å²) in [4.78, 5) is 11.8. The van der Waals surface area contributed by atoms with Gasteiger partial charge in [0.2, 0.25) is 5.91 Å². The molecule has 0 spiro atoms. The van der Waals surface area contributed by atoms with Crippen molar-refractivity contribution in [2.75, 3.05) is 13.2 Å². The molecule has 124 valence electrons. The second kappa shape index (κ2) is 8.70. The molecule has 1 atom stereocenters. The summed E-state index contributed by atoms with van der Waals surface area (Å²) in [5.41, 5.74) is 3.27. The molecule has 0 bridgehead atoms. The van der Waals surface area contributed by atoms with Gasteiger partial charge in [0.1, 0.15) is 5.75 Å². The van der Waals surface area contributed by atoms with Gasteiger partial charge < -0.3 is 15.2 Å². The van der Waals surface area contributed by atoms with Gasteiger partial charge >= 0.3 is 0 Å². The minimum absolute atomic E-state index is 0.0667. The molecule has 0 aliphatic heterocycles. The molecular formula is C18H23NO3S. The van der Waals surface area contributed by atoms with Gasteiger partial charge in [-0.1, -0.05) is 6.07 Å². The van der Waals surface area contributed by atoms with Crippen molar-refractivity contribution >= 4 is 17.2 Å². The number of carbonyl (C=O) groups excluding carboxylic acids is 1. The minimum Gasteiger partial charge on any atom is -0.494 e. The second-order valence-corrected chi connectivity index (χ2v) is 6.35. The first-order valence-corrected chi connectivity index (χ1v) is 8.67. The predicted molar refractivity (Wildman–Crippen MR) is 92.9 cm³/mol. The second-order valence-electron chi connectivity index (χ2n) is 5.57. The van der Waals surface area contributed by atoms with Crippen LogP contribution in [0.5, 0.6) is 5.75 Å². The van der Waals surface area contributed by atoms with Crippen molar-refractivity contribution in [2.24, 2.45) is 0 Å². The third-order valence-electron chi connectivity index (χ3n) is 3.72. The third-order valence-corrected chi connectivity index (χ3v) is 4.42. The molecule has 1 aromatic carbocycles. The zero-order valence-electron chi connectivity index (χ0n) is 13.5. The zero-order chi connectivity index (χ0) is 16.7. The van der Waals surface area contributed by atoms with Gasteiger partial charge in [0.25, 0.3) is 0 Å². The summed E-state index contributed by atoms with van der Waals surface area (Å²) in [6.07, 6.45) is 0.395. The molecule has 2 rings (SSSR count). The number of aliphatic hydroxyl groups is 1. The van der Waals surface area contributed by atoms with Crippen LogP contribution in [0, 0.1) is 13.8 Å². The Morgan fingerprint density at radius 1 is 1.30 bits per heavy atom. The maximum absolute atomic E-state index is 11.8. The molecule has 1 unspecified atom stereocenters. The van der Waals surface area contributed by atoms with Crippen molar-refractivity contribution < 1.29 is 14.6 Å². The zero-order valence-corrected chi connectivity index (χ0v) is 14.4. The number of ether oxygens (including phenoxy) is 1. The van der Waals surface area contributed by atoms with E-state index in [0.29, 0.717) is 19.4 Å². The molecule has 0 aliphatic carbocycles. The lowest BCUT2D eigenvalue weighted by molar-refractivity contribution is -0.121. The van der Waals surface area contributed by atoms with Crippen LogP contribution in [-0.4, -0.2) is 24.2 Å². The van der Waals surface area contributed by atoms with E-state index in [1.807, 2.05) is 35.0 Å². The summed E-state index contributed by atoms with van der Waals surface area (Å²) in [6, 6.07) is 7.84. The molecule has 0 radical (unpaired) electrons. The Bertz CT molecular complexity index is 625. The summed E-state index contributed by atoms with van der Waals surface area (Å²) in [6.45, 7) is 4.86. The highest BCUT2D eigenvalue weighted by atomic mass is 32.1. The van der Waals surface area contributed by atoms with Crippen molar-refractivity contribution in [3.63, 3.8) is 0 Å². The monoisotopic (exact) mass is 333 g/mol. The SMILES string of the molecule is Cc1ccc(OCCCC(=O)NCC(O)c2ccsc2)cc1C. The number of aliphatic hydroxyl groups excluding tert-OH is 1. The Morgan fingerprint density at radius 2 is 2.13 bits per heavy atom. The lowest BCUT2D eigenvalue weighted by atomic mass is 10.1. The summed E-state index contributed by atoms with van der Waals surface area (Å²) in [5, 5.41) is 16.4. The van der Waals surface area contributed by atoms with Gasteiger partial charge in [-0.2, -0.15) is 11.3 Å². The predicted octanol–water partition coefficient (Wildman–Crippen LogP) is 3.37. The van der Waals surface area contributed by atoms with Crippen LogP contribution in [0.3, 0.4) is 0 Å². The Morgan fingerprint density at radius 3 is 2.83 bits per heavy atom. The van der Waals surface area contributed by atoms with E-state index in [1.165, 1.54) is 22.5 Å². The maximum atomic E-state index is 11.8. The van der Waals surface area contributed by atoms with Crippen LogP contribution in [0.1, 0.15) is 35.6 Å². The molecule has 5 heteroatoms. The molecule has 2 aromatic rings. The number of thiophene rings is 1. The van der Waals surface area contributed by atoms with Crippen molar-refractivity contribution in [3.05, 3.63) is 51.7 Å².